The molecule has 6 N–H and O–H groups in total. The molecule has 1 fully saturated rings. The van der Waals surface area contributed by atoms with E-state index in [0.717, 1.165) is 82.1 Å². The Labute approximate surface area is 466 Å². The minimum absolute atomic E-state index is 0.00128. The van der Waals surface area contributed by atoms with E-state index in [-0.39, 0.29) is 108 Å². The maximum Gasteiger partial charge on any atom is 0.251 e. The summed E-state index contributed by atoms with van der Waals surface area (Å²) >= 11 is 1.57. The first-order chi connectivity index (χ1) is 38.1. The minimum Gasteiger partial charge on any atom is -0.493 e. The lowest BCUT2D eigenvalue weighted by Crippen LogP contribution is -2.57. The van der Waals surface area contributed by atoms with Crippen LogP contribution in [0.15, 0.2) is 66.3 Å². The minimum atomic E-state index is -0.951. The fourth-order valence-corrected chi connectivity index (χ4v) is 11.0. The van der Waals surface area contributed by atoms with Crippen molar-refractivity contribution in [2.75, 3.05) is 59.3 Å². The summed E-state index contributed by atoms with van der Waals surface area (Å²) in [5.74, 6) is 0.0195. The fraction of sp³-hybridized carbons (Fsp3) is 0.508. The number of aliphatic hydroxyl groups excluding tert-OH is 2. The van der Waals surface area contributed by atoms with Gasteiger partial charge in [-0.3, -0.25) is 24.0 Å². The second kappa shape index (κ2) is 27.6. The van der Waals surface area contributed by atoms with Gasteiger partial charge < -0.3 is 59.9 Å². The van der Waals surface area contributed by atoms with Crippen LogP contribution in [-0.4, -0.2) is 137 Å². The van der Waals surface area contributed by atoms with Gasteiger partial charge in [0.2, 0.25) is 23.6 Å². The van der Waals surface area contributed by atoms with E-state index in [0.29, 0.717) is 36.4 Å². The number of benzene rings is 3. The predicted octanol–water partition coefficient (Wildman–Crippen LogP) is 5.67. The van der Waals surface area contributed by atoms with Crippen molar-refractivity contribution < 1.29 is 53.1 Å². The van der Waals surface area contributed by atoms with Gasteiger partial charge in [0.15, 0.2) is 0 Å². The van der Waals surface area contributed by atoms with Crippen molar-refractivity contribution in [2.24, 2.45) is 5.41 Å². The molecule has 0 unspecified atom stereocenters. The number of fused-ring (bicyclic) bond motifs is 2. The maximum atomic E-state index is 14.0. The number of thiazole rings is 1. The van der Waals surface area contributed by atoms with Crippen LogP contribution < -0.4 is 26.0 Å². The van der Waals surface area contributed by atoms with Gasteiger partial charge in [-0.2, -0.15) is 0 Å². The molecule has 0 radical (unpaired) electrons. The van der Waals surface area contributed by atoms with Crippen LogP contribution >= 0.6 is 11.3 Å². The molecule has 79 heavy (non-hydrogen) atoms. The van der Waals surface area contributed by atoms with E-state index in [2.05, 4.69) is 55.2 Å². The molecule has 0 spiro atoms. The van der Waals surface area contributed by atoms with Gasteiger partial charge in [0, 0.05) is 69.2 Å². The first kappa shape index (κ1) is 58.6. The number of carbonyl (C=O) groups is 5. The zero-order valence-corrected chi connectivity index (χ0v) is 46.9. The summed E-state index contributed by atoms with van der Waals surface area (Å²) in [6.07, 6.45) is 5.81. The molecule has 20 heteroatoms. The first-order valence-electron chi connectivity index (χ1n) is 27.5. The lowest BCUT2D eigenvalue weighted by atomic mass is 9.85. The van der Waals surface area contributed by atoms with Crippen LogP contribution in [-0.2, 0) is 65.9 Å². The van der Waals surface area contributed by atoms with Crippen molar-refractivity contribution in [1.82, 2.24) is 40.7 Å². The van der Waals surface area contributed by atoms with Crippen LogP contribution in [0.1, 0.15) is 115 Å². The predicted molar refractivity (Wildman–Crippen MR) is 298 cm³/mol. The Morgan fingerprint density at radius 3 is 2.28 bits per heavy atom. The van der Waals surface area contributed by atoms with E-state index in [1.165, 1.54) is 10.5 Å². The third kappa shape index (κ3) is 15.6. The largest absolute Gasteiger partial charge is 0.493 e. The highest BCUT2D eigenvalue weighted by molar-refractivity contribution is 7.13. The lowest BCUT2D eigenvalue weighted by Gasteiger charge is -2.35. The number of hydrogen-bond acceptors (Lipinski definition) is 14. The van der Waals surface area contributed by atoms with Crippen molar-refractivity contribution in [1.29, 1.82) is 0 Å². The molecule has 5 aromatic rings. The summed E-state index contributed by atoms with van der Waals surface area (Å²) in [4.78, 5) is 78.3. The Balaban J connectivity index is 0.659. The number of likely N-dealkylation sites (tertiary alicyclic amines) is 1. The summed E-state index contributed by atoms with van der Waals surface area (Å²) in [5, 5.41) is 32.6. The van der Waals surface area contributed by atoms with E-state index in [1.54, 1.807) is 23.5 Å². The SMILES string of the molecule is Cc1ncsc1-c1ccc(CNC(=O)[C@@H]2C[C@@H](O)CN2C(=O)[C@@H](NC(=O)CCOCCOCCOCCC(=O)NCCCOc2cc(C(=O)N[C@@H]3CCc4ccc(-c5cn6c(n5)CCC6)cc43)cc(CO)c2C)C(C)(C)C)cc1. The van der Waals surface area contributed by atoms with Crippen LogP contribution in [0.5, 0.6) is 5.75 Å². The van der Waals surface area contributed by atoms with Crippen molar-refractivity contribution >= 4 is 40.9 Å². The maximum absolute atomic E-state index is 14.0. The number of aliphatic hydroxyl groups is 2. The number of imidazole rings is 1. The molecule has 4 atom stereocenters. The molecular weight excluding hydrogens is 1030 g/mol. The summed E-state index contributed by atoms with van der Waals surface area (Å²) in [7, 11) is 0. The molecule has 4 heterocycles. The summed E-state index contributed by atoms with van der Waals surface area (Å²) < 4.78 is 25.1. The summed E-state index contributed by atoms with van der Waals surface area (Å²) in [5.41, 5.74) is 10.1. The van der Waals surface area contributed by atoms with Crippen molar-refractivity contribution in [3.8, 4) is 27.4 Å². The molecule has 19 nitrogen and oxygen atoms in total. The van der Waals surface area contributed by atoms with Crippen LogP contribution in [0, 0.1) is 19.3 Å². The molecule has 5 amide bonds. The molecule has 8 rings (SSSR count). The number of ether oxygens (including phenoxy) is 4. The average Bonchev–Trinajstić information content (AvgIpc) is 4.45. The Bertz CT molecular complexity index is 2900. The second-order valence-electron chi connectivity index (χ2n) is 21.6. The summed E-state index contributed by atoms with van der Waals surface area (Å²) in [6.45, 7) is 12.3. The van der Waals surface area contributed by atoms with Crippen molar-refractivity contribution in [2.45, 2.75) is 130 Å². The lowest BCUT2D eigenvalue weighted by molar-refractivity contribution is -0.144. The number of hydrogen-bond donors (Lipinski definition) is 6. The Morgan fingerprint density at radius 1 is 0.861 bits per heavy atom. The number of β-amino-alcohol motifs (C(OH)–C–C–N with tert-alkyl or cyclic N) is 1. The Morgan fingerprint density at radius 2 is 1.58 bits per heavy atom. The third-order valence-electron chi connectivity index (χ3n) is 14.7. The topological polar surface area (TPSA) is 245 Å². The quantitative estimate of drug-likeness (QED) is 0.0348. The van der Waals surface area contributed by atoms with Gasteiger partial charge in [-0.05, 0) is 96.5 Å². The number of aromatic nitrogens is 3. The zero-order chi connectivity index (χ0) is 56.1. The molecule has 2 aliphatic heterocycles. The normalized spacial score (nSPS) is 17.1. The highest BCUT2D eigenvalue weighted by atomic mass is 32.1. The molecule has 3 aliphatic rings. The van der Waals surface area contributed by atoms with Crippen LogP contribution in [0.3, 0.4) is 0 Å². The number of aryl methyl sites for hydroxylation is 4. The van der Waals surface area contributed by atoms with E-state index in [1.807, 2.05) is 64.4 Å². The van der Waals surface area contributed by atoms with Gasteiger partial charge >= 0.3 is 0 Å². The van der Waals surface area contributed by atoms with E-state index in [9.17, 15) is 34.2 Å². The molecular formula is C59H76N8O11S. The van der Waals surface area contributed by atoms with Crippen LogP contribution in [0.25, 0.3) is 21.7 Å². The van der Waals surface area contributed by atoms with Gasteiger partial charge in [-0.1, -0.05) is 57.2 Å². The highest BCUT2D eigenvalue weighted by Crippen LogP contribution is 2.36. The van der Waals surface area contributed by atoms with Gasteiger partial charge in [-0.25, -0.2) is 9.97 Å². The molecule has 1 saturated heterocycles. The van der Waals surface area contributed by atoms with Gasteiger partial charge in [0.05, 0.1) is 86.8 Å². The molecule has 2 aromatic heterocycles. The van der Waals surface area contributed by atoms with Crippen molar-refractivity contribution in [3.63, 3.8) is 0 Å². The standard InChI is InChI=1S/C59H76N8O11S/c1-37-44(35-68)28-43(56(72)64-47-16-15-40-13-14-42(29-46(40)47)48-34-66-20-6-8-51(66)63-48)30-50(37)78-21-7-19-60-52(70)17-22-75-24-26-77-27-25-76-23-18-53(71)65-55(59(3,4)5)58(74)67-33-45(69)31-49(67)57(73)61-32-39-9-11-41(12-10-39)54-38(2)62-36-79-54/h9-14,28-30,34,36,45,47,49,55,68-69H,6-8,15-27,31-33,35H2,1-5H3,(H,60,70)(H,61,73)(H,64,72)(H,65,71)/t45-,47-,49+,55-/m1/s1. The smallest absolute Gasteiger partial charge is 0.251 e. The number of nitrogens with zero attached hydrogens (tertiary/aromatic N) is 4. The van der Waals surface area contributed by atoms with E-state index in [4.69, 9.17) is 23.9 Å². The average molecular weight is 1110 g/mol. The molecule has 0 saturated carbocycles. The second-order valence-corrected chi connectivity index (χ2v) is 22.4. The van der Waals surface area contributed by atoms with E-state index >= 15 is 0 Å². The molecule has 0 bridgehead atoms. The van der Waals surface area contributed by atoms with Crippen LogP contribution in [0.4, 0.5) is 0 Å². The van der Waals surface area contributed by atoms with E-state index < -0.39 is 29.5 Å². The number of nitrogens with one attached hydrogen (secondary N) is 4. The summed E-state index contributed by atoms with van der Waals surface area (Å²) in [6, 6.07) is 15.7. The molecule has 424 valence electrons. The van der Waals surface area contributed by atoms with Gasteiger partial charge in [0.1, 0.15) is 23.7 Å². The Kier molecular flexibility index (Phi) is 20.4. The van der Waals surface area contributed by atoms with Crippen LogP contribution in [0.2, 0.25) is 0 Å². The third-order valence-corrected chi connectivity index (χ3v) is 15.7. The zero-order valence-electron chi connectivity index (χ0n) is 46.1. The molecule has 1 aliphatic carbocycles. The van der Waals surface area contributed by atoms with Crippen molar-refractivity contribution in [3.05, 3.63) is 111 Å². The van der Waals surface area contributed by atoms with Gasteiger partial charge in [-0.15, -0.1) is 11.3 Å². The number of carbonyl (C=O) groups excluding carboxylic acids is 5. The number of rotatable bonds is 27. The van der Waals surface area contributed by atoms with Gasteiger partial charge in [0.25, 0.3) is 5.91 Å². The fourth-order valence-electron chi connectivity index (χ4n) is 10.2. The highest BCUT2D eigenvalue weighted by Gasteiger charge is 2.44. The number of amides is 5. The Hall–Kier alpha value is -6.55. The monoisotopic (exact) mass is 1100 g/mol. The first-order valence-corrected chi connectivity index (χ1v) is 28.4. The molecule has 3 aromatic carbocycles.